The van der Waals surface area contributed by atoms with Crippen molar-refractivity contribution in [3.63, 3.8) is 0 Å². The van der Waals surface area contributed by atoms with Crippen molar-refractivity contribution in [1.82, 2.24) is 20.4 Å². The summed E-state index contributed by atoms with van der Waals surface area (Å²) in [5.41, 5.74) is 2.63. The van der Waals surface area contributed by atoms with Gasteiger partial charge in [-0.2, -0.15) is 4.98 Å². The number of nitrogens with one attached hydrogen (secondary N) is 1. The van der Waals surface area contributed by atoms with Crippen LogP contribution in [0.1, 0.15) is 29.9 Å². The number of likely N-dealkylation sites (tertiary alicyclic amines) is 1. The van der Waals surface area contributed by atoms with Crippen molar-refractivity contribution in [2.24, 2.45) is 5.92 Å². The molecule has 2 heterocycles. The van der Waals surface area contributed by atoms with Crippen molar-refractivity contribution >= 4 is 17.5 Å². The number of nitrogens with zero attached hydrogens (tertiary/aromatic N) is 3. The van der Waals surface area contributed by atoms with E-state index < -0.39 is 0 Å². The number of hydrogen-bond acceptors (Lipinski definition) is 6. The van der Waals surface area contributed by atoms with E-state index in [2.05, 4.69) is 20.4 Å². The lowest BCUT2D eigenvalue weighted by Crippen LogP contribution is -2.40. The molecule has 7 nitrogen and oxygen atoms in total. The molecule has 3 aromatic carbocycles. The van der Waals surface area contributed by atoms with Gasteiger partial charge >= 0.3 is 0 Å². The van der Waals surface area contributed by atoms with Gasteiger partial charge in [-0.1, -0.05) is 53.2 Å². The van der Waals surface area contributed by atoms with E-state index in [-0.39, 0.29) is 17.6 Å². The fourth-order valence-electron chi connectivity index (χ4n) is 4.40. The van der Waals surface area contributed by atoms with Gasteiger partial charge in [0.1, 0.15) is 18.2 Å². The van der Waals surface area contributed by atoms with E-state index in [1.165, 1.54) is 12.1 Å². The predicted molar refractivity (Wildman–Crippen MR) is 142 cm³/mol. The summed E-state index contributed by atoms with van der Waals surface area (Å²) < 4.78 is 24.2. The maximum atomic E-state index is 13.0. The van der Waals surface area contributed by atoms with E-state index in [4.69, 9.17) is 20.9 Å². The van der Waals surface area contributed by atoms with Crippen molar-refractivity contribution in [3.8, 4) is 17.1 Å². The molecule has 0 spiro atoms. The smallest absolute Gasteiger partial charge is 0.241 e. The summed E-state index contributed by atoms with van der Waals surface area (Å²) in [4.78, 5) is 19.4. The molecule has 196 valence electrons. The minimum absolute atomic E-state index is 0.0223. The number of amides is 1. The Morgan fingerprint density at radius 2 is 1.74 bits per heavy atom. The molecule has 9 heteroatoms. The molecule has 0 bridgehead atoms. The van der Waals surface area contributed by atoms with Gasteiger partial charge in [0.05, 0.1) is 11.6 Å². The molecule has 0 saturated carbocycles. The lowest BCUT2D eigenvalue weighted by atomic mass is 9.96. The first-order valence-electron chi connectivity index (χ1n) is 12.6. The maximum Gasteiger partial charge on any atom is 0.241 e. The van der Waals surface area contributed by atoms with E-state index in [9.17, 15) is 9.18 Å². The summed E-state index contributed by atoms with van der Waals surface area (Å²) in [5.74, 6) is 1.52. The molecule has 0 aliphatic carbocycles. The van der Waals surface area contributed by atoms with E-state index >= 15 is 0 Å². The molecule has 1 aliphatic rings. The van der Waals surface area contributed by atoms with Gasteiger partial charge in [-0.3, -0.25) is 9.69 Å². The molecule has 1 saturated heterocycles. The van der Waals surface area contributed by atoms with Crippen LogP contribution in [0.25, 0.3) is 11.4 Å². The SMILES string of the molecule is O=C(NCc1ccc(OCc2ccc(F)cc2)cc1)C1CCN(Cc2nc(-c3ccccc3Cl)no2)CC1. The van der Waals surface area contributed by atoms with E-state index in [1.54, 1.807) is 18.2 Å². The monoisotopic (exact) mass is 534 g/mol. The van der Waals surface area contributed by atoms with Crippen molar-refractivity contribution in [1.29, 1.82) is 0 Å². The van der Waals surface area contributed by atoms with Gasteiger partial charge in [-0.15, -0.1) is 0 Å². The Morgan fingerprint density at radius 3 is 2.47 bits per heavy atom. The second-order valence-electron chi connectivity index (χ2n) is 9.32. The minimum atomic E-state index is -0.266. The molecule has 0 unspecified atom stereocenters. The van der Waals surface area contributed by atoms with E-state index in [0.29, 0.717) is 36.4 Å². The fourth-order valence-corrected chi connectivity index (χ4v) is 4.62. The molecule has 5 rings (SSSR count). The Balaban J connectivity index is 1.03. The molecule has 0 atom stereocenters. The first kappa shape index (κ1) is 25.9. The van der Waals surface area contributed by atoms with Crippen LogP contribution < -0.4 is 10.1 Å². The topological polar surface area (TPSA) is 80.5 Å². The summed E-state index contributed by atoms with van der Waals surface area (Å²) in [5, 5.41) is 7.70. The van der Waals surface area contributed by atoms with E-state index in [1.807, 2.05) is 42.5 Å². The van der Waals surface area contributed by atoms with E-state index in [0.717, 1.165) is 48.4 Å². The molecule has 0 radical (unpaired) electrons. The Morgan fingerprint density at radius 1 is 1.03 bits per heavy atom. The standard InChI is InChI=1S/C29H28ClFN4O3/c30-26-4-2-1-3-25(26)28-33-27(38-34-28)18-35-15-13-22(14-16-35)29(36)32-17-20-7-11-24(12-8-20)37-19-21-5-9-23(31)10-6-21/h1-12,22H,13-19H2,(H,32,36). The van der Waals surface area contributed by atoms with Crippen LogP contribution in [0.15, 0.2) is 77.3 Å². The Hall–Kier alpha value is -3.75. The summed E-state index contributed by atoms with van der Waals surface area (Å²) in [6.07, 6.45) is 1.54. The molecule has 1 amide bonds. The molecule has 1 aliphatic heterocycles. The molecule has 38 heavy (non-hydrogen) atoms. The number of piperidine rings is 1. The second-order valence-corrected chi connectivity index (χ2v) is 9.73. The van der Waals surface area contributed by atoms with Crippen LogP contribution in [-0.4, -0.2) is 34.0 Å². The highest BCUT2D eigenvalue weighted by molar-refractivity contribution is 6.33. The van der Waals surface area contributed by atoms with Crippen LogP contribution in [-0.2, 0) is 24.5 Å². The lowest BCUT2D eigenvalue weighted by Gasteiger charge is -2.30. The summed E-state index contributed by atoms with van der Waals surface area (Å²) in [7, 11) is 0. The lowest BCUT2D eigenvalue weighted by molar-refractivity contribution is -0.126. The summed E-state index contributed by atoms with van der Waals surface area (Å²) >= 11 is 6.23. The molecular formula is C29H28ClFN4O3. The zero-order valence-electron chi connectivity index (χ0n) is 20.8. The van der Waals surface area contributed by atoms with Crippen molar-refractivity contribution in [3.05, 3.63) is 101 Å². The van der Waals surface area contributed by atoms with Gasteiger partial charge in [-0.25, -0.2) is 4.39 Å². The Kier molecular flexibility index (Phi) is 8.31. The highest BCUT2D eigenvalue weighted by atomic mass is 35.5. The Bertz CT molecular complexity index is 1350. The summed E-state index contributed by atoms with van der Waals surface area (Å²) in [6.45, 7) is 2.93. The van der Waals surface area contributed by atoms with Gasteiger partial charge in [0.25, 0.3) is 0 Å². The molecule has 1 N–H and O–H groups in total. The number of hydrogen-bond donors (Lipinski definition) is 1. The number of benzene rings is 3. The average Bonchev–Trinajstić information content (AvgIpc) is 3.41. The zero-order chi connectivity index (χ0) is 26.3. The first-order chi connectivity index (χ1) is 18.5. The van der Waals surface area contributed by atoms with Crippen molar-refractivity contribution < 1.29 is 18.4 Å². The minimum Gasteiger partial charge on any atom is -0.489 e. The van der Waals surface area contributed by atoms with Gasteiger partial charge in [0.2, 0.25) is 17.6 Å². The normalized spacial score (nSPS) is 14.4. The highest BCUT2D eigenvalue weighted by Gasteiger charge is 2.26. The largest absolute Gasteiger partial charge is 0.489 e. The molecular weight excluding hydrogens is 507 g/mol. The van der Waals surface area contributed by atoms with Crippen LogP contribution >= 0.6 is 11.6 Å². The van der Waals surface area contributed by atoms with Crippen LogP contribution in [0.4, 0.5) is 4.39 Å². The van der Waals surface area contributed by atoms with Gasteiger partial charge in [0, 0.05) is 18.0 Å². The van der Waals surface area contributed by atoms with Gasteiger partial charge < -0.3 is 14.6 Å². The number of carbonyl (C=O) groups is 1. The van der Waals surface area contributed by atoms with Crippen LogP contribution in [0.5, 0.6) is 5.75 Å². The average molecular weight is 535 g/mol. The third-order valence-electron chi connectivity index (χ3n) is 6.61. The molecule has 1 fully saturated rings. The second kappa shape index (κ2) is 12.2. The molecule has 1 aromatic heterocycles. The third kappa shape index (κ3) is 6.76. The van der Waals surface area contributed by atoms with Crippen LogP contribution in [0, 0.1) is 11.7 Å². The number of ether oxygens (including phenoxy) is 1. The number of rotatable bonds is 9. The molecule has 4 aromatic rings. The Labute approximate surface area is 225 Å². The quantitative estimate of drug-likeness (QED) is 0.299. The number of aromatic nitrogens is 2. The highest BCUT2D eigenvalue weighted by Crippen LogP contribution is 2.26. The first-order valence-corrected chi connectivity index (χ1v) is 12.9. The van der Waals surface area contributed by atoms with Crippen LogP contribution in [0.3, 0.4) is 0 Å². The zero-order valence-corrected chi connectivity index (χ0v) is 21.5. The number of halogens is 2. The van der Waals surface area contributed by atoms with Crippen LogP contribution in [0.2, 0.25) is 5.02 Å². The maximum absolute atomic E-state index is 13.0. The van der Waals surface area contributed by atoms with Crippen molar-refractivity contribution in [2.45, 2.75) is 32.5 Å². The fraction of sp³-hybridized carbons (Fsp3) is 0.276. The summed E-state index contributed by atoms with van der Waals surface area (Å²) in [6, 6.07) is 21.3. The number of carbonyl (C=O) groups excluding carboxylic acids is 1. The van der Waals surface area contributed by atoms with Crippen molar-refractivity contribution in [2.75, 3.05) is 13.1 Å². The van der Waals surface area contributed by atoms with Gasteiger partial charge in [0.15, 0.2) is 0 Å². The predicted octanol–water partition coefficient (Wildman–Crippen LogP) is 5.64. The van der Waals surface area contributed by atoms with Gasteiger partial charge in [-0.05, 0) is 73.5 Å². The third-order valence-corrected chi connectivity index (χ3v) is 6.94.